The molecular weight excluding hydrogens is 835 g/mol. The molecule has 64 heavy (non-hydrogen) atoms. The Morgan fingerprint density at radius 2 is 0.969 bits per heavy atom. The Kier molecular flexibility index (Phi) is 9.45. The van der Waals surface area contributed by atoms with Crippen molar-refractivity contribution in [3.05, 3.63) is 205 Å². The molecule has 302 valence electrons. The van der Waals surface area contributed by atoms with Crippen molar-refractivity contribution in [2.45, 2.75) is 6.92 Å². The summed E-state index contributed by atoms with van der Waals surface area (Å²) in [6.07, 6.45) is 4.28. The van der Waals surface area contributed by atoms with Crippen LogP contribution in [0.15, 0.2) is 189 Å². The van der Waals surface area contributed by atoms with Crippen LogP contribution in [0.4, 0.5) is 0 Å². The first kappa shape index (κ1) is 38.3. The predicted molar refractivity (Wildman–Crippen MR) is 278 cm³/mol. The zero-order valence-electron chi connectivity index (χ0n) is 34.7. The van der Waals surface area contributed by atoms with E-state index in [0.29, 0.717) is 17.5 Å². The lowest BCUT2D eigenvalue weighted by atomic mass is 9.94. The van der Waals surface area contributed by atoms with Gasteiger partial charge in [-0.15, -0.1) is 34.0 Å². The van der Waals surface area contributed by atoms with Gasteiger partial charge in [0.15, 0.2) is 17.5 Å². The highest BCUT2D eigenvalue weighted by molar-refractivity contribution is 7.26. The summed E-state index contributed by atoms with van der Waals surface area (Å²) < 4.78 is 6.41. The molecule has 8 aromatic carbocycles. The van der Waals surface area contributed by atoms with Gasteiger partial charge in [-0.05, 0) is 94.9 Å². The van der Waals surface area contributed by atoms with E-state index < -0.39 is 0 Å². The smallest absolute Gasteiger partial charge is 0.164 e. The molecule has 0 saturated carbocycles. The maximum atomic E-state index is 5.29. The van der Waals surface area contributed by atoms with E-state index in [0.717, 1.165) is 49.4 Å². The highest BCUT2D eigenvalue weighted by Gasteiger charge is 2.18. The summed E-state index contributed by atoms with van der Waals surface area (Å²) in [5, 5.41) is 6.36. The standard InChI is InChI=1S/C58H37N3S3/c1-3-50-48(45-17-8-10-21-51(45)62-50)30-35(2)40-31-41(39-28-29-54-49(34-39)46-18-9-11-22-52(46)63-54)33-42(32-40)58-60-56(37-14-5-4-6-15-37)59-57(61-58)38-26-24-36(25-27-38)43-19-13-20-47-44-16-7-12-23-53(44)64-55(43)47/h3-34H,1H2,2H3/b35-30+. The van der Waals surface area contributed by atoms with Crippen LogP contribution in [0.2, 0.25) is 0 Å². The number of hydrogen-bond donors (Lipinski definition) is 0. The van der Waals surface area contributed by atoms with Gasteiger partial charge in [0.25, 0.3) is 0 Å². The normalized spacial score (nSPS) is 12.0. The second-order valence-electron chi connectivity index (χ2n) is 16.0. The summed E-state index contributed by atoms with van der Waals surface area (Å²) >= 11 is 5.46. The molecule has 6 heteroatoms. The van der Waals surface area contributed by atoms with Gasteiger partial charge in [-0.2, -0.15) is 0 Å². The van der Waals surface area contributed by atoms with Crippen molar-refractivity contribution in [3.63, 3.8) is 0 Å². The van der Waals surface area contributed by atoms with E-state index in [1.54, 1.807) is 11.3 Å². The van der Waals surface area contributed by atoms with Gasteiger partial charge in [0, 0.05) is 77.6 Å². The molecule has 12 rings (SSSR count). The Labute approximate surface area is 382 Å². The van der Waals surface area contributed by atoms with Gasteiger partial charge in [0.2, 0.25) is 0 Å². The molecule has 0 radical (unpaired) electrons. The van der Waals surface area contributed by atoms with Crippen LogP contribution in [-0.2, 0) is 0 Å². The van der Waals surface area contributed by atoms with Gasteiger partial charge >= 0.3 is 0 Å². The maximum absolute atomic E-state index is 5.29. The monoisotopic (exact) mass is 871 g/mol. The van der Waals surface area contributed by atoms with Crippen LogP contribution in [0.5, 0.6) is 0 Å². The van der Waals surface area contributed by atoms with Gasteiger partial charge in [-0.25, -0.2) is 15.0 Å². The lowest BCUT2D eigenvalue weighted by molar-refractivity contribution is 1.07. The molecule has 0 atom stereocenters. The molecule has 4 heterocycles. The molecular formula is C58H37N3S3. The fraction of sp³-hybridized carbons (Fsp3) is 0.0172. The van der Waals surface area contributed by atoms with Crippen molar-refractivity contribution in [1.82, 2.24) is 15.0 Å². The van der Waals surface area contributed by atoms with Crippen LogP contribution in [0.3, 0.4) is 0 Å². The maximum Gasteiger partial charge on any atom is 0.164 e. The van der Waals surface area contributed by atoms with Crippen LogP contribution in [0, 0.1) is 0 Å². The van der Waals surface area contributed by atoms with Crippen molar-refractivity contribution >= 4 is 102 Å². The first-order valence-corrected chi connectivity index (χ1v) is 23.7. The Morgan fingerprint density at radius 1 is 0.422 bits per heavy atom. The zero-order chi connectivity index (χ0) is 42.7. The number of allylic oxidation sites excluding steroid dienone is 1. The molecule has 0 amide bonds. The van der Waals surface area contributed by atoms with Gasteiger partial charge < -0.3 is 0 Å². The average Bonchev–Trinajstić information content (AvgIpc) is 4.05. The molecule has 0 aliphatic heterocycles. The number of aromatic nitrogens is 3. The average molecular weight is 872 g/mol. The third-order valence-corrected chi connectivity index (χ3v) is 15.6. The van der Waals surface area contributed by atoms with Crippen LogP contribution in [0.25, 0.3) is 125 Å². The molecule has 0 aliphatic rings. The van der Waals surface area contributed by atoms with Gasteiger partial charge in [0.05, 0.1) is 0 Å². The summed E-state index contributed by atoms with van der Waals surface area (Å²) in [5.41, 5.74) is 10.8. The van der Waals surface area contributed by atoms with Gasteiger partial charge in [-0.3, -0.25) is 0 Å². The van der Waals surface area contributed by atoms with E-state index in [4.69, 9.17) is 15.0 Å². The number of benzene rings is 8. The lowest BCUT2D eigenvalue weighted by Gasteiger charge is -2.13. The van der Waals surface area contributed by atoms with Crippen molar-refractivity contribution in [3.8, 4) is 56.4 Å². The molecule has 0 spiro atoms. The minimum absolute atomic E-state index is 0.619. The van der Waals surface area contributed by atoms with E-state index in [2.05, 4.69) is 183 Å². The van der Waals surface area contributed by atoms with Crippen LogP contribution in [-0.4, -0.2) is 15.0 Å². The number of thiophene rings is 3. The SMILES string of the molecule is C=Cc1sc2ccccc2c1/C=C(\C)c1cc(-c2ccc3sc4ccccc4c3c2)cc(-c2nc(-c3ccccc3)nc(-c3ccc(-c4cccc5c4sc4ccccc45)cc3)n2)c1. The van der Waals surface area contributed by atoms with E-state index in [-0.39, 0.29) is 0 Å². The van der Waals surface area contributed by atoms with E-state index in [1.807, 2.05) is 46.9 Å². The molecule has 0 fully saturated rings. The molecule has 3 nitrogen and oxygen atoms in total. The largest absolute Gasteiger partial charge is 0.208 e. The topological polar surface area (TPSA) is 38.7 Å². The number of nitrogens with zero attached hydrogens (tertiary/aromatic N) is 3. The molecule has 0 saturated heterocycles. The second kappa shape index (κ2) is 15.8. The van der Waals surface area contributed by atoms with Gasteiger partial charge in [0.1, 0.15) is 0 Å². The number of rotatable bonds is 8. The van der Waals surface area contributed by atoms with Crippen LogP contribution < -0.4 is 0 Å². The number of fused-ring (bicyclic) bond motifs is 7. The summed E-state index contributed by atoms with van der Waals surface area (Å²) in [6.45, 7) is 6.38. The minimum Gasteiger partial charge on any atom is -0.208 e. The Balaban J connectivity index is 1.02. The van der Waals surface area contributed by atoms with Crippen molar-refractivity contribution < 1.29 is 0 Å². The summed E-state index contributed by atoms with van der Waals surface area (Å²) in [6, 6.07) is 65.1. The predicted octanol–water partition coefficient (Wildman–Crippen LogP) is 17.4. The van der Waals surface area contributed by atoms with Gasteiger partial charge in [-0.1, -0.05) is 146 Å². The van der Waals surface area contributed by atoms with Crippen molar-refractivity contribution in [2.75, 3.05) is 0 Å². The quantitative estimate of drug-likeness (QED) is 0.153. The number of hydrogen-bond acceptors (Lipinski definition) is 6. The first-order chi connectivity index (χ1) is 31.5. The van der Waals surface area contributed by atoms with Crippen LogP contribution >= 0.6 is 34.0 Å². The third kappa shape index (κ3) is 6.75. The highest BCUT2D eigenvalue weighted by Crippen LogP contribution is 2.42. The molecule has 4 aromatic heterocycles. The highest BCUT2D eigenvalue weighted by atomic mass is 32.1. The molecule has 0 N–H and O–H groups in total. The second-order valence-corrected chi connectivity index (χ2v) is 19.3. The summed E-state index contributed by atoms with van der Waals surface area (Å²) in [4.78, 5) is 16.8. The fourth-order valence-electron chi connectivity index (χ4n) is 8.87. The molecule has 0 bridgehead atoms. The lowest BCUT2D eigenvalue weighted by Crippen LogP contribution is -2.01. The van der Waals surface area contributed by atoms with Crippen molar-refractivity contribution in [1.29, 1.82) is 0 Å². The van der Waals surface area contributed by atoms with E-state index in [9.17, 15) is 0 Å². The molecule has 12 aromatic rings. The minimum atomic E-state index is 0.619. The first-order valence-electron chi connectivity index (χ1n) is 21.3. The zero-order valence-corrected chi connectivity index (χ0v) is 37.2. The Hall–Kier alpha value is -7.35. The van der Waals surface area contributed by atoms with E-state index >= 15 is 0 Å². The third-order valence-electron chi connectivity index (χ3n) is 12.1. The Bertz CT molecular complexity index is 3810. The summed E-state index contributed by atoms with van der Waals surface area (Å²) in [7, 11) is 0. The Morgan fingerprint density at radius 3 is 1.70 bits per heavy atom. The van der Waals surface area contributed by atoms with E-state index in [1.165, 1.54) is 61.6 Å². The summed E-state index contributed by atoms with van der Waals surface area (Å²) in [5.74, 6) is 1.88. The fourth-order valence-corrected chi connectivity index (χ4v) is 12.2. The van der Waals surface area contributed by atoms with Crippen molar-refractivity contribution in [2.24, 2.45) is 0 Å². The molecule has 0 aliphatic carbocycles. The molecule has 0 unspecified atom stereocenters. The van der Waals surface area contributed by atoms with Crippen LogP contribution in [0.1, 0.15) is 22.9 Å².